The van der Waals surface area contributed by atoms with E-state index in [2.05, 4.69) is 0 Å². The van der Waals surface area contributed by atoms with Crippen LogP contribution in [0.4, 0.5) is 0 Å². The summed E-state index contributed by atoms with van der Waals surface area (Å²) in [5.41, 5.74) is 0. The number of hydrogen-bond acceptors (Lipinski definition) is 4. The summed E-state index contributed by atoms with van der Waals surface area (Å²) in [4.78, 5) is 11.6. The van der Waals surface area contributed by atoms with Crippen LogP contribution in [0.15, 0.2) is 0 Å². The van der Waals surface area contributed by atoms with E-state index in [-0.39, 0.29) is 30.3 Å². The van der Waals surface area contributed by atoms with E-state index >= 15 is 0 Å². The quantitative estimate of drug-likeness (QED) is 0.689. The van der Waals surface area contributed by atoms with Gasteiger partial charge in [-0.3, -0.25) is 4.79 Å². The second-order valence-electron chi connectivity index (χ2n) is 4.62. The van der Waals surface area contributed by atoms with Gasteiger partial charge in [0.2, 0.25) is 0 Å². The number of nitriles is 1. The molecule has 0 radical (unpaired) electrons. The van der Waals surface area contributed by atoms with E-state index in [4.69, 9.17) is 14.7 Å². The van der Waals surface area contributed by atoms with E-state index in [0.717, 1.165) is 12.8 Å². The zero-order valence-electron chi connectivity index (χ0n) is 9.03. The van der Waals surface area contributed by atoms with Crippen molar-refractivity contribution < 1.29 is 14.3 Å². The highest BCUT2D eigenvalue weighted by Crippen LogP contribution is 2.41. The van der Waals surface area contributed by atoms with E-state index in [1.165, 1.54) is 0 Å². The smallest absolute Gasteiger partial charge is 0.163 e. The normalized spacial score (nSPS) is 37.3. The SMILES string of the molecule is CC1(C)O[C@H]2CCC(C(=O)CC#N)[C@H]2O1. The van der Waals surface area contributed by atoms with Crippen LogP contribution in [0.2, 0.25) is 0 Å². The molecule has 0 aromatic carbocycles. The lowest BCUT2D eigenvalue weighted by Crippen LogP contribution is -2.29. The van der Waals surface area contributed by atoms with Gasteiger partial charge in [0.25, 0.3) is 0 Å². The Labute approximate surface area is 89.2 Å². The maximum atomic E-state index is 11.6. The lowest BCUT2D eigenvalue weighted by atomic mass is 9.98. The van der Waals surface area contributed by atoms with Crippen molar-refractivity contribution in [1.82, 2.24) is 0 Å². The summed E-state index contributed by atoms with van der Waals surface area (Å²) in [5.74, 6) is -0.733. The van der Waals surface area contributed by atoms with Gasteiger partial charge in [-0.25, -0.2) is 0 Å². The Morgan fingerprint density at radius 2 is 2.20 bits per heavy atom. The summed E-state index contributed by atoms with van der Waals surface area (Å²) in [5, 5.41) is 8.50. The van der Waals surface area contributed by atoms with Crippen molar-refractivity contribution in [3.05, 3.63) is 0 Å². The van der Waals surface area contributed by atoms with Gasteiger partial charge < -0.3 is 9.47 Å². The minimum atomic E-state index is -0.582. The average molecular weight is 209 g/mol. The maximum absolute atomic E-state index is 11.6. The van der Waals surface area contributed by atoms with E-state index < -0.39 is 5.79 Å². The number of rotatable bonds is 2. The summed E-state index contributed by atoms with van der Waals surface area (Å²) in [6.07, 6.45) is 1.52. The highest BCUT2D eigenvalue weighted by atomic mass is 16.8. The molecule has 15 heavy (non-hydrogen) atoms. The summed E-state index contributed by atoms with van der Waals surface area (Å²) >= 11 is 0. The molecular formula is C11H15NO3. The molecule has 1 saturated heterocycles. The summed E-state index contributed by atoms with van der Waals surface area (Å²) < 4.78 is 11.4. The van der Waals surface area contributed by atoms with Crippen LogP contribution in [-0.4, -0.2) is 23.8 Å². The Kier molecular flexibility index (Phi) is 2.53. The third kappa shape index (κ3) is 1.90. The molecule has 4 nitrogen and oxygen atoms in total. The van der Waals surface area contributed by atoms with Crippen molar-refractivity contribution in [2.24, 2.45) is 5.92 Å². The zero-order chi connectivity index (χ0) is 11.1. The van der Waals surface area contributed by atoms with Gasteiger partial charge in [-0.05, 0) is 26.7 Å². The maximum Gasteiger partial charge on any atom is 0.163 e. The Hall–Kier alpha value is -0.920. The minimum absolute atomic E-state index is 0.00806. The summed E-state index contributed by atoms with van der Waals surface area (Å²) in [6.45, 7) is 3.72. The van der Waals surface area contributed by atoms with Gasteiger partial charge in [-0.15, -0.1) is 0 Å². The van der Waals surface area contributed by atoms with Crippen molar-refractivity contribution in [1.29, 1.82) is 5.26 Å². The van der Waals surface area contributed by atoms with Gasteiger partial charge in [-0.2, -0.15) is 5.26 Å². The van der Waals surface area contributed by atoms with Gasteiger partial charge in [0.1, 0.15) is 0 Å². The second kappa shape index (κ2) is 3.58. The molecule has 82 valence electrons. The zero-order valence-corrected chi connectivity index (χ0v) is 9.03. The molecule has 0 amide bonds. The Morgan fingerprint density at radius 1 is 1.47 bits per heavy atom. The van der Waals surface area contributed by atoms with Crippen LogP contribution in [0, 0.1) is 17.2 Å². The summed E-state index contributed by atoms with van der Waals surface area (Å²) in [7, 11) is 0. The summed E-state index contributed by atoms with van der Waals surface area (Å²) in [6, 6.07) is 1.90. The average Bonchev–Trinajstić information content (AvgIpc) is 2.59. The fraction of sp³-hybridized carbons (Fsp3) is 0.818. The van der Waals surface area contributed by atoms with Crippen LogP contribution in [0.1, 0.15) is 33.1 Å². The topological polar surface area (TPSA) is 59.3 Å². The molecule has 2 aliphatic rings. The van der Waals surface area contributed by atoms with Crippen LogP contribution >= 0.6 is 0 Å². The molecule has 1 unspecified atom stereocenters. The largest absolute Gasteiger partial charge is 0.345 e. The molecule has 0 aromatic rings. The van der Waals surface area contributed by atoms with Gasteiger partial charge >= 0.3 is 0 Å². The van der Waals surface area contributed by atoms with Crippen molar-refractivity contribution in [3.8, 4) is 6.07 Å². The molecule has 0 spiro atoms. The molecule has 1 saturated carbocycles. The van der Waals surface area contributed by atoms with Gasteiger partial charge in [-0.1, -0.05) is 0 Å². The standard InChI is InChI=1S/C11H15NO3/c1-11(2)14-9-4-3-7(10(9)15-11)8(13)5-6-12/h7,9-10H,3-5H2,1-2H3/t7?,9-,10+/m0/s1. The van der Waals surface area contributed by atoms with Gasteiger partial charge in [0, 0.05) is 5.92 Å². The van der Waals surface area contributed by atoms with E-state index in [9.17, 15) is 4.79 Å². The number of fused-ring (bicyclic) bond motifs is 1. The van der Waals surface area contributed by atoms with Crippen molar-refractivity contribution in [2.75, 3.05) is 0 Å². The van der Waals surface area contributed by atoms with Crippen LogP contribution in [0.25, 0.3) is 0 Å². The van der Waals surface area contributed by atoms with Crippen LogP contribution in [0.3, 0.4) is 0 Å². The minimum Gasteiger partial charge on any atom is -0.345 e. The van der Waals surface area contributed by atoms with Gasteiger partial charge in [0.15, 0.2) is 11.6 Å². The third-order valence-electron chi connectivity index (χ3n) is 3.05. The lowest BCUT2D eigenvalue weighted by molar-refractivity contribution is -0.158. The molecule has 2 rings (SSSR count). The predicted molar refractivity (Wildman–Crippen MR) is 51.8 cm³/mol. The van der Waals surface area contributed by atoms with Crippen LogP contribution in [-0.2, 0) is 14.3 Å². The monoisotopic (exact) mass is 209 g/mol. The molecule has 1 aliphatic heterocycles. The second-order valence-corrected chi connectivity index (χ2v) is 4.62. The van der Waals surface area contributed by atoms with E-state index in [1.54, 1.807) is 0 Å². The highest BCUT2D eigenvalue weighted by molar-refractivity contribution is 5.83. The number of ether oxygens (including phenoxy) is 2. The molecule has 1 heterocycles. The molecule has 3 atom stereocenters. The first-order valence-electron chi connectivity index (χ1n) is 5.29. The molecule has 0 bridgehead atoms. The van der Waals surface area contributed by atoms with Crippen molar-refractivity contribution in [2.45, 2.75) is 51.1 Å². The third-order valence-corrected chi connectivity index (χ3v) is 3.05. The molecule has 4 heteroatoms. The van der Waals surface area contributed by atoms with E-state index in [1.807, 2.05) is 19.9 Å². The van der Waals surface area contributed by atoms with Crippen LogP contribution in [0.5, 0.6) is 0 Å². The molecule has 2 fully saturated rings. The molecule has 0 aromatic heterocycles. The first kappa shape index (κ1) is 10.6. The number of carbonyl (C=O) groups excluding carboxylic acids is 1. The highest BCUT2D eigenvalue weighted by Gasteiger charge is 2.50. The molecule has 0 N–H and O–H groups in total. The fourth-order valence-electron chi connectivity index (χ4n) is 2.49. The Balaban J connectivity index is 2.06. The van der Waals surface area contributed by atoms with Crippen LogP contribution < -0.4 is 0 Å². The van der Waals surface area contributed by atoms with E-state index in [0.29, 0.717) is 0 Å². The van der Waals surface area contributed by atoms with Crippen molar-refractivity contribution in [3.63, 3.8) is 0 Å². The van der Waals surface area contributed by atoms with Gasteiger partial charge in [0.05, 0.1) is 24.7 Å². The Morgan fingerprint density at radius 3 is 2.87 bits per heavy atom. The first-order valence-corrected chi connectivity index (χ1v) is 5.29. The number of nitrogens with zero attached hydrogens (tertiary/aromatic N) is 1. The number of ketones is 1. The molecule has 1 aliphatic carbocycles. The predicted octanol–water partition coefficient (Wildman–Crippen LogP) is 1.40. The molecular weight excluding hydrogens is 194 g/mol. The first-order chi connectivity index (χ1) is 7.03. The lowest BCUT2D eigenvalue weighted by Gasteiger charge is -2.20. The fourth-order valence-corrected chi connectivity index (χ4v) is 2.49. The number of Topliss-reactive ketones (excluding diaryl/α,β-unsaturated/α-hetero) is 1. The Bertz CT molecular complexity index is 318. The van der Waals surface area contributed by atoms with Crippen molar-refractivity contribution >= 4 is 5.78 Å². The number of carbonyl (C=O) groups is 1. The number of hydrogen-bond donors (Lipinski definition) is 0.